The van der Waals surface area contributed by atoms with Crippen LogP contribution in [-0.2, 0) is 0 Å². The van der Waals surface area contributed by atoms with E-state index < -0.39 is 11.9 Å². The van der Waals surface area contributed by atoms with Crippen LogP contribution in [0, 0.1) is 0 Å². The van der Waals surface area contributed by atoms with Gasteiger partial charge in [0.1, 0.15) is 0 Å². The SMILES string of the molecule is O=C(O)c1csc(C(=O)Nc2ccc3c(c2)OCO3)n1. The number of aromatic carboxylic acids is 1. The van der Waals surface area contributed by atoms with Crippen LogP contribution < -0.4 is 14.8 Å². The molecule has 7 nitrogen and oxygen atoms in total. The molecule has 2 heterocycles. The van der Waals surface area contributed by atoms with Crippen molar-refractivity contribution in [2.75, 3.05) is 12.1 Å². The fourth-order valence-corrected chi connectivity index (χ4v) is 2.32. The molecule has 2 N–H and O–H groups in total. The van der Waals surface area contributed by atoms with E-state index in [1.807, 2.05) is 0 Å². The number of carboxylic acids is 1. The van der Waals surface area contributed by atoms with Gasteiger partial charge in [-0.25, -0.2) is 9.78 Å². The number of hydrogen-bond acceptors (Lipinski definition) is 6. The fourth-order valence-electron chi connectivity index (χ4n) is 1.64. The smallest absolute Gasteiger partial charge is 0.355 e. The van der Waals surface area contributed by atoms with E-state index in [4.69, 9.17) is 14.6 Å². The lowest BCUT2D eigenvalue weighted by atomic mass is 10.3. The Bertz CT molecular complexity index is 697. The van der Waals surface area contributed by atoms with E-state index >= 15 is 0 Å². The summed E-state index contributed by atoms with van der Waals surface area (Å²) >= 11 is 0.971. The van der Waals surface area contributed by atoms with Crippen molar-refractivity contribution in [2.24, 2.45) is 0 Å². The van der Waals surface area contributed by atoms with Gasteiger partial charge in [-0.2, -0.15) is 0 Å². The molecule has 3 rings (SSSR count). The monoisotopic (exact) mass is 292 g/mol. The van der Waals surface area contributed by atoms with Crippen molar-refractivity contribution < 1.29 is 24.2 Å². The number of amides is 1. The zero-order valence-corrected chi connectivity index (χ0v) is 10.8. The zero-order valence-electron chi connectivity index (χ0n) is 9.95. The summed E-state index contributed by atoms with van der Waals surface area (Å²) in [4.78, 5) is 26.4. The van der Waals surface area contributed by atoms with Crippen LogP contribution in [0.5, 0.6) is 11.5 Å². The Morgan fingerprint density at radius 2 is 2.10 bits per heavy atom. The van der Waals surface area contributed by atoms with Gasteiger partial charge in [-0.15, -0.1) is 11.3 Å². The maximum Gasteiger partial charge on any atom is 0.355 e. The summed E-state index contributed by atoms with van der Waals surface area (Å²) in [5.41, 5.74) is 0.372. The summed E-state index contributed by atoms with van der Waals surface area (Å²) in [5, 5.41) is 12.8. The molecule has 1 aliphatic heterocycles. The van der Waals surface area contributed by atoms with E-state index in [1.165, 1.54) is 5.38 Å². The Kier molecular flexibility index (Phi) is 2.99. The Morgan fingerprint density at radius 1 is 1.30 bits per heavy atom. The Labute approximate surface area is 116 Å². The minimum Gasteiger partial charge on any atom is -0.476 e. The molecular formula is C12H8N2O5S. The number of thiazole rings is 1. The highest BCUT2D eigenvalue weighted by Crippen LogP contribution is 2.34. The molecular weight excluding hydrogens is 284 g/mol. The van der Waals surface area contributed by atoms with Gasteiger partial charge in [0.25, 0.3) is 5.91 Å². The molecule has 0 saturated carbocycles. The lowest BCUT2D eigenvalue weighted by molar-refractivity contribution is 0.0691. The summed E-state index contributed by atoms with van der Waals surface area (Å²) in [7, 11) is 0. The highest BCUT2D eigenvalue weighted by molar-refractivity contribution is 7.12. The fraction of sp³-hybridized carbons (Fsp3) is 0.0833. The van der Waals surface area contributed by atoms with Crippen LogP contribution in [0.4, 0.5) is 5.69 Å². The minimum absolute atomic E-state index is 0.0834. The second-order valence-electron chi connectivity index (χ2n) is 3.87. The predicted molar refractivity (Wildman–Crippen MR) is 69.6 cm³/mol. The third-order valence-corrected chi connectivity index (χ3v) is 3.39. The first-order chi connectivity index (χ1) is 9.63. The van der Waals surface area contributed by atoms with Crippen LogP contribution in [0.15, 0.2) is 23.6 Å². The molecule has 2 aromatic rings. The molecule has 1 aromatic heterocycles. The van der Waals surface area contributed by atoms with Crippen LogP contribution in [0.3, 0.4) is 0 Å². The molecule has 1 aliphatic rings. The number of ether oxygens (including phenoxy) is 2. The van der Waals surface area contributed by atoms with Crippen LogP contribution in [0.25, 0.3) is 0 Å². The van der Waals surface area contributed by atoms with Gasteiger partial charge in [-0.1, -0.05) is 0 Å². The van der Waals surface area contributed by atoms with Crippen molar-refractivity contribution >= 4 is 28.9 Å². The molecule has 0 aliphatic carbocycles. The Balaban J connectivity index is 1.76. The van der Waals surface area contributed by atoms with Gasteiger partial charge in [0.05, 0.1) is 0 Å². The number of benzene rings is 1. The third kappa shape index (κ3) is 2.28. The number of nitrogens with zero attached hydrogens (tertiary/aromatic N) is 1. The quantitative estimate of drug-likeness (QED) is 0.895. The molecule has 0 fully saturated rings. The average Bonchev–Trinajstić information content (AvgIpc) is 3.07. The van der Waals surface area contributed by atoms with Crippen LogP contribution in [0.1, 0.15) is 20.3 Å². The summed E-state index contributed by atoms with van der Waals surface area (Å²) in [6.45, 7) is 0.154. The number of carboxylic acid groups (broad SMARTS) is 1. The average molecular weight is 292 g/mol. The standard InChI is InChI=1S/C12H8N2O5S/c15-10(11-14-7(4-20-11)12(16)17)13-6-1-2-8-9(3-6)19-5-18-8/h1-4H,5H2,(H,13,15)(H,16,17). The largest absolute Gasteiger partial charge is 0.476 e. The van der Waals surface area contributed by atoms with Gasteiger partial charge < -0.3 is 19.9 Å². The third-order valence-electron chi connectivity index (χ3n) is 2.55. The first kappa shape index (κ1) is 12.4. The zero-order chi connectivity index (χ0) is 14.1. The van der Waals surface area contributed by atoms with Crippen LogP contribution in [0.2, 0.25) is 0 Å². The van der Waals surface area contributed by atoms with Crippen molar-refractivity contribution in [1.82, 2.24) is 4.98 Å². The van der Waals surface area contributed by atoms with E-state index in [9.17, 15) is 9.59 Å². The lowest BCUT2D eigenvalue weighted by Gasteiger charge is -2.03. The first-order valence-electron chi connectivity index (χ1n) is 5.53. The number of aromatic nitrogens is 1. The van der Waals surface area contributed by atoms with E-state index in [0.29, 0.717) is 17.2 Å². The molecule has 0 radical (unpaired) electrons. The summed E-state index contributed by atoms with van der Waals surface area (Å²) in [6, 6.07) is 4.98. The molecule has 0 saturated heterocycles. The molecule has 102 valence electrons. The van der Waals surface area contributed by atoms with Crippen molar-refractivity contribution in [1.29, 1.82) is 0 Å². The van der Waals surface area contributed by atoms with Gasteiger partial charge >= 0.3 is 5.97 Å². The highest BCUT2D eigenvalue weighted by atomic mass is 32.1. The maximum atomic E-state index is 11.9. The number of rotatable bonds is 3. The number of anilines is 1. The van der Waals surface area contributed by atoms with Gasteiger partial charge in [-0.05, 0) is 12.1 Å². The van der Waals surface area contributed by atoms with Crippen LogP contribution >= 0.6 is 11.3 Å². The molecule has 1 amide bonds. The van der Waals surface area contributed by atoms with E-state index in [-0.39, 0.29) is 17.5 Å². The molecule has 0 atom stereocenters. The first-order valence-corrected chi connectivity index (χ1v) is 6.41. The van der Waals surface area contributed by atoms with E-state index in [1.54, 1.807) is 18.2 Å². The minimum atomic E-state index is -1.16. The van der Waals surface area contributed by atoms with Gasteiger partial charge in [0.15, 0.2) is 22.2 Å². The highest BCUT2D eigenvalue weighted by Gasteiger charge is 2.17. The van der Waals surface area contributed by atoms with E-state index in [0.717, 1.165) is 11.3 Å². The second kappa shape index (κ2) is 4.82. The topological polar surface area (TPSA) is 97.8 Å². The van der Waals surface area contributed by atoms with Crippen molar-refractivity contribution in [3.63, 3.8) is 0 Å². The molecule has 8 heteroatoms. The van der Waals surface area contributed by atoms with Crippen molar-refractivity contribution in [3.8, 4) is 11.5 Å². The predicted octanol–water partition coefficient (Wildman–Crippen LogP) is 1.82. The number of carbonyl (C=O) groups excluding carboxylic acids is 1. The van der Waals surface area contributed by atoms with Gasteiger partial charge in [0.2, 0.25) is 6.79 Å². The van der Waals surface area contributed by atoms with Gasteiger partial charge in [0, 0.05) is 17.1 Å². The summed E-state index contributed by atoms with van der Waals surface area (Å²) in [6.07, 6.45) is 0. The molecule has 0 bridgehead atoms. The molecule has 0 unspecified atom stereocenters. The molecule has 20 heavy (non-hydrogen) atoms. The number of nitrogens with one attached hydrogen (secondary N) is 1. The molecule has 0 spiro atoms. The molecule has 1 aromatic carbocycles. The maximum absolute atomic E-state index is 11.9. The Hall–Kier alpha value is -2.61. The second-order valence-corrected chi connectivity index (χ2v) is 4.72. The van der Waals surface area contributed by atoms with E-state index in [2.05, 4.69) is 10.3 Å². The summed E-state index contributed by atoms with van der Waals surface area (Å²) in [5.74, 6) is -0.469. The van der Waals surface area contributed by atoms with Crippen molar-refractivity contribution in [2.45, 2.75) is 0 Å². The number of fused-ring (bicyclic) bond motifs is 1. The van der Waals surface area contributed by atoms with Gasteiger partial charge in [-0.3, -0.25) is 4.79 Å². The normalized spacial score (nSPS) is 12.2. The number of hydrogen-bond donors (Lipinski definition) is 2. The lowest BCUT2D eigenvalue weighted by Crippen LogP contribution is -2.12. The number of carbonyl (C=O) groups is 2. The summed E-state index contributed by atoms with van der Waals surface area (Å²) < 4.78 is 10.4. The van der Waals surface area contributed by atoms with Crippen molar-refractivity contribution in [3.05, 3.63) is 34.3 Å². The van der Waals surface area contributed by atoms with Crippen LogP contribution in [-0.4, -0.2) is 28.8 Å². The Morgan fingerprint density at radius 3 is 2.85 bits per heavy atom.